The summed E-state index contributed by atoms with van der Waals surface area (Å²) in [4.78, 5) is 22.8. The molecule has 0 heterocycles. The van der Waals surface area contributed by atoms with Gasteiger partial charge in [0.1, 0.15) is 6.07 Å². The van der Waals surface area contributed by atoms with Crippen LogP contribution in [0.4, 0.5) is 10.5 Å². The normalized spacial score (nSPS) is 14.9. The van der Waals surface area contributed by atoms with E-state index in [0.717, 1.165) is 17.3 Å². The van der Waals surface area contributed by atoms with Gasteiger partial charge in [-0.3, -0.25) is 4.79 Å². The zero-order chi connectivity index (χ0) is 15.4. The Morgan fingerprint density at radius 2 is 2.19 bits per heavy atom. The molecule has 21 heavy (non-hydrogen) atoms. The number of carboxylic acids is 1. The predicted octanol–water partition coefficient (Wildman–Crippen LogP) is 2.70. The van der Waals surface area contributed by atoms with Gasteiger partial charge >= 0.3 is 12.0 Å². The number of nitriles is 1. The summed E-state index contributed by atoms with van der Waals surface area (Å²) >= 11 is 3.27. The highest BCUT2D eigenvalue weighted by molar-refractivity contribution is 9.10. The van der Waals surface area contributed by atoms with Crippen molar-refractivity contribution in [3.8, 4) is 6.07 Å². The van der Waals surface area contributed by atoms with Crippen LogP contribution in [0.3, 0.4) is 0 Å². The van der Waals surface area contributed by atoms with Crippen LogP contribution in [0.2, 0.25) is 0 Å². The molecule has 2 rings (SSSR count). The van der Waals surface area contributed by atoms with Gasteiger partial charge in [0.2, 0.25) is 0 Å². The second-order valence-corrected chi connectivity index (χ2v) is 5.86. The van der Waals surface area contributed by atoms with Gasteiger partial charge in [0.05, 0.1) is 17.7 Å². The van der Waals surface area contributed by atoms with Gasteiger partial charge in [0.15, 0.2) is 0 Å². The minimum absolute atomic E-state index is 0.0956. The van der Waals surface area contributed by atoms with Gasteiger partial charge in [0.25, 0.3) is 0 Å². The lowest BCUT2D eigenvalue weighted by atomic mass is 10.1. The number of carbonyl (C=O) groups is 2. The highest BCUT2D eigenvalue weighted by Crippen LogP contribution is 2.34. The SMILES string of the molecule is N#Cc1ccc(Br)cc1NC(=O)NC(CC(=O)O)C1CC1. The van der Waals surface area contributed by atoms with Gasteiger partial charge in [-0.2, -0.15) is 5.26 Å². The van der Waals surface area contributed by atoms with Crippen LogP contribution in [0.1, 0.15) is 24.8 Å². The lowest BCUT2D eigenvalue weighted by Gasteiger charge is -2.17. The Hall–Kier alpha value is -2.07. The summed E-state index contributed by atoms with van der Waals surface area (Å²) in [5, 5.41) is 23.1. The first-order valence-corrected chi connectivity index (χ1v) is 7.28. The summed E-state index contributed by atoms with van der Waals surface area (Å²) in [5.74, 6) is -0.711. The quantitative estimate of drug-likeness (QED) is 0.758. The molecule has 3 N–H and O–H groups in total. The Morgan fingerprint density at radius 1 is 1.48 bits per heavy atom. The second-order valence-electron chi connectivity index (χ2n) is 4.94. The highest BCUT2D eigenvalue weighted by Gasteiger charge is 2.33. The summed E-state index contributed by atoms with van der Waals surface area (Å²) in [6.45, 7) is 0. The Balaban J connectivity index is 2.02. The molecule has 7 heteroatoms. The monoisotopic (exact) mass is 351 g/mol. The summed E-state index contributed by atoms with van der Waals surface area (Å²) in [7, 11) is 0. The van der Waals surface area contributed by atoms with E-state index in [9.17, 15) is 9.59 Å². The van der Waals surface area contributed by atoms with Gasteiger partial charge < -0.3 is 15.7 Å². The average Bonchev–Trinajstić information content (AvgIpc) is 3.21. The van der Waals surface area contributed by atoms with Gasteiger partial charge in [0, 0.05) is 10.5 Å². The van der Waals surface area contributed by atoms with Crippen LogP contribution in [0, 0.1) is 17.2 Å². The number of amides is 2. The van der Waals surface area contributed by atoms with E-state index in [2.05, 4.69) is 26.6 Å². The zero-order valence-corrected chi connectivity index (χ0v) is 12.7. The molecule has 0 radical (unpaired) electrons. The molecule has 0 bridgehead atoms. The van der Waals surface area contributed by atoms with Crippen molar-refractivity contribution < 1.29 is 14.7 Å². The van der Waals surface area contributed by atoms with E-state index >= 15 is 0 Å². The van der Waals surface area contributed by atoms with E-state index < -0.39 is 12.0 Å². The van der Waals surface area contributed by atoms with Crippen molar-refractivity contribution in [1.29, 1.82) is 5.26 Å². The zero-order valence-electron chi connectivity index (χ0n) is 11.1. The van der Waals surface area contributed by atoms with Crippen LogP contribution in [0.25, 0.3) is 0 Å². The van der Waals surface area contributed by atoms with E-state index in [1.165, 1.54) is 0 Å². The topological polar surface area (TPSA) is 102 Å². The smallest absolute Gasteiger partial charge is 0.319 e. The fraction of sp³-hybridized carbons (Fsp3) is 0.357. The third-order valence-electron chi connectivity index (χ3n) is 3.25. The second kappa shape index (κ2) is 6.59. The number of carboxylic acid groups (broad SMARTS) is 1. The largest absolute Gasteiger partial charge is 0.481 e. The molecule has 1 aliphatic rings. The fourth-order valence-corrected chi connectivity index (χ4v) is 2.43. The van der Waals surface area contributed by atoms with Crippen molar-refractivity contribution in [2.45, 2.75) is 25.3 Å². The molecule has 1 aromatic carbocycles. The summed E-state index contributed by atoms with van der Waals surface area (Å²) in [5.41, 5.74) is 0.726. The number of halogens is 1. The maximum Gasteiger partial charge on any atom is 0.319 e. The average molecular weight is 352 g/mol. The highest BCUT2D eigenvalue weighted by atomic mass is 79.9. The molecular weight excluding hydrogens is 338 g/mol. The number of carbonyl (C=O) groups excluding carboxylic acids is 1. The number of rotatable bonds is 5. The van der Waals surface area contributed by atoms with Crippen molar-refractivity contribution in [2.75, 3.05) is 5.32 Å². The Labute approximate surface area is 130 Å². The lowest BCUT2D eigenvalue weighted by Crippen LogP contribution is -2.40. The molecule has 1 aliphatic carbocycles. The molecule has 2 amide bonds. The van der Waals surface area contributed by atoms with E-state index in [1.54, 1.807) is 18.2 Å². The number of benzene rings is 1. The summed E-state index contributed by atoms with van der Waals surface area (Å²) < 4.78 is 0.737. The predicted molar refractivity (Wildman–Crippen MR) is 79.8 cm³/mol. The number of hydrogen-bond acceptors (Lipinski definition) is 3. The van der Waals surface area contributed by atoms with Crippen molar-refractivity contribution in [2.24, 2.45) is 5.92 Å². The van der Waals surface area contributed by atoms with Crippen molar-refractivity contribution in [1.82, 2.24) is 5.32 Å². The van der Waals surface area contributed by atoms with Gasteiger partial charge in [-0.05, 0) is 37.0 Å². The summed E-state index contributed by atoms with van der Waals surface area (Å²) in [6, 6.07) is 6.05. The summed E-state index contributed by atoms with van der Waals surface area (Å²) in [6.07, 6.45) is 1.76. The molecule has 6 nitrogen and oxygen atoms in total. The lowest BCUT2D eigenvalue weighted by molar-refractivity contribution is -0.137. The molecular formula is C14H14BrN3O3. The van der Waals surface area contributed by atoms with Crippen LogP contribution < -0.4 is 10.6 Å². The van der Waals surface area contributed by atoms with Crippen molar-refractivity contribution in [3.05, 3.63) is 28.2 Å². The maximum absolute atomic E-state index is 12.0. The minimum atomic E-state index is -0.938. The molecule has 1 atom stereocenters. The Morgan fingerprint density at radius 3 is 2.76 bits per heavy atom. The van der Waals surface area contributed by atoms with E-state index in [0.29, 0.717) is 11.3 Å². The number of urea groups is 1. The third kappa shape index (κ3) is 4.46. The van der Waals surface area contributed by atoms with Crippen LogP contribution in [-0.2, 0) is 4.79 Å². The molecule has 0 spiro atoms. The third-order valence-corrected chi connectivity index (χ3v) is 3.75. The Kier molecular flexibility index (Phi) is 4.81. The van der Waals surface area contributed by atoms with Crippen molar-refractivity contribution >= 4 is 33.6 Å². The number of aliphatic carboxylic acids is 1. The first-order valence-electron chi connectivity index (χ1n) is 6.48. The van der Waals surface area contributed by atoms with Crippen LogP contribution in [0.5, 0.6) is 0 Å². The van der Waals surface area contributed by atoms with Gasteiger partial charge in [-0.25, -0.2) is 4.79 Å². The van der Waals surface area contributed by atoms with E-state index in [1.807, 2.05) is 6.07 Å². The van der Waals surface area contributed by atoms with E-state index in [4.69, 9.17) is 10.4 Å². The van der Waals surface area contributed by atoms with Crippen LogP contribution in [-0.4, -0.2) is 23.1 Å². The molecule has 0 saturated heterocycles. The molecule has 1 unspecified atom stereocenters. The van der Waals surface area contributed by atoms with Crippen molar-refractivity contribution in [3.63, 3.8) is 0 Å². The standard InChI is InChI=1S/C14H14BrN3O3/c15-10-4-3-9(7-16)11(5-10)17-14(21)18-12(6-13(19)20)8-1-2-8/h3-5,8,12H,1-2,6H2,(H,19,20)(H2,17,18,21). The first kappa shape index (κ1) is 15.3. The molecule has 1 aromatic rings. The molecule has 1 fully saturated rings. The molecule has 0 aliphatic heterocycles. The maximum atomic E-state index is 12.0. The minimum Gasteiger partial charge on any atom is -0.481 e. The fourth-order valence-electron chi connectivity index (χ4n) is 2.07. The van der Waals surface area contributed by atoms with Gasteiger partial charge in [-0.1, -0.05) is 15.9 Å². The van der Waals surface area contributed by atoms with Crippen LogP contribution in [0.15, 0.2) is 22.7 Å². The molecule has 0 aromatic heterocycles. The Bertz CT molecular complexity index is 608. The first-order chi connectivity index (χ1) is 9.99. The van der Waals surface area contributed by atoms with Gasteiger partial charge in [-0.15, -0.1) is 0 Å². The number of anilines is 1. The molecule has 1 saturated carbocycles. The molecule has 110 valence electrons. The number of hydrogen-bond donors (Lipinski definition) is 3. The van der Waals surface area contributed by atoms with Crippen LogP contribution >= 0.6 is 15.9 Å². The number of nitrogens with one attached hydrogen (secondary N) is 2. The van der Waals surface area contributed by atoms with E-state index in [-0.39, 0.29) is 18.4 Å². The number of nitrogens with zero attached hydrogens (tertiary/aromatic N) is 1.